The lowest BCUT2D eigenvalue weighted by molar-refractivity contribution is -0.136. The van der Waals surface area contributed by atoms with Crippen LogP contribution in [0.1, 0.15) is 31.8 Å². The van der Waals surface area contributed by atoms with Gasteiger partial charge in [-0.2, -0.15) is 18.3 Å². The summed E-state index contributed by atoms with van der Waals surface area (Å²) in [4.78, 5) is 30.1. The van der Waals surface area contributed by atoms with Crippen LogP contribution >= 0.6 is 0 Å². The summed E-state index contributed by atoms with van der Waals surface area (Å²) in [6.07, 6.45) is -5.94. The number of carbonyl (C=O) groups is 2. The molecule has 5 rings (SSSR count). The Morgan fingerprint density at radius 3 is 2.31 bits per heavy atom. The van der Waals surface area contributed by atoms with Crippen molar-refractivity contribution in [1.29, 1.82) is 0 Å². The third-order valence-corrected chi connectivity index (χ3v) is 6.80. The predicted octanol–water partition coefficient (Wildman–Crippen LogP) is 4.45. The predicted molar refractivity (Wildman–Crippen MR) is 131 cm³/mol. The molecule has 0 radical (unpaired) electrons. The Hall–Kier alpha value is -4.76. The molecular formula is C26H18F8N6O2. The summed E-state index contributed by atoms with van der Waals surface area (Å²) in [6.45, 7) is 0.144. The van der Waals surface area contributed by atoms with Crippen LogP contribution in [0.4, 0.5) is 40.9 Å². The van der Waals surface area contributed by atoms with Crippen LogP contribution in [-0.4, -0.2) is 56.6 Å². The highest BCUT2D eigenvalue weighted by Crippen LogP contribution is 2.39. The Balaban J connectivity index is 1.44. The first-order valence-corrected chi connectivity index (χ1v) is 12.1. The highest BCUT2D eigenvalue weighted by atomic mass is 19.4. The largest absolute Gasteiger partial charge is 0.418 e. The molecule has 1 saturated heterocycles. The number of aryl methyl sites for hydroxylation is 1. The lowest BCUT2D eigenvalue weighted by atomic mass is 10.0. The molecule has 0 spiro atoms. The van der Waals surface area contributed by atoms with Gasteiger partial charge in [-0.3, -0.25) is 9.59 Å². The summed E-state index contributed by atoms with van der Waals surface area (Å²) >= 11 is 0. The van der Waals surface area contributed by atoms with Crippen LogP contribution in [0.5, 0.6) is 0 Å². The molecule has 0 bridgehead atoms. The van der Waals surface area contributed by atoms with Gasteiger partial charge in [0, 0.05) is 29.8 Å². The number of nitrogens with two attached hydrogens (primary N) is 1. The van der Waals surface area contributed by atoms with E-state index in [2.05, 4.69) is 15.4 Å². The zero-order chi connectivity index (χ0) is 30.7. The van der Waals surface area contributed by atoms with Gasteiger partial charge in [0.25, 0.3) is 11.8 Å². The Morgan fingerprint density at radius 2 is 1.67 bits per heavy atom. The number of fused-ring (bicyclic) bond motifs is 1. The molecule has 1 aliphatic rings. The fraction of sp³-hybridized carbons (Fsp3) is 0.231. The average molecular weight is 598 g/mol. The van der Waals surface area contributed by atoms with E-state index in [0.717, 1.165) is 27.9 Å². The Kier molecular flexibility index (Phi) is 7.02. The first kappa shape index (κ1) is 28.8. The smallest absolute Gasteiger partial charge is 0.382 e. The van der Waals surface area contributed by atoms with E-state index in [1.54, 1.807) is 0 Å². The van der Waals surface area contributed by atoms with Gasteiger partial charge in [-0.15, -0.1) is 0 Å². The van der Waals surface area contributed by atoms with Gasteiger partial charge in [-0.1, -0.05) is 0 Å². The molecule has 2 atom stereocenters. The van der Waals surface area contributed by atoms with Crippen molar-refractivity contribution in [2.75, 3.05) is 18.8 Å². The number of benzene rings is 2. The van der Waals surface area contributed by atoms with Gasteiger partial charge in [0.15, 0.2) is 5.82 Å². The number of nitrogens with one attached hydrogen (secondary N) is 1. The summed E-state index contributed by atoms with van der Waals surface area (Å²) in [5.74, 6) is -8.01. The van der Waals surface area contributed by atoms with Gasteiger partial charge >= 0.3 is 6.18 Å². The zero-order valence-electron chi connectivity index (χ0n) is 21.2. The van der Waals surface area contributed by atoms with Gasteiger partial charge in [0.05, 0.1) is 23.8 Å². The molecule has 0 unspecified atom stereocenters. The van der Waals surface area contributed by atoms with E-state index in [1.165, 1.54) is 6.92 Å². The summed E-state index contributed by atoms with van der Waals surface area (Å²) in [7, 11) is 0. The van der Waals surface area contributed by atoms with Gasteiger partial charge in [-0.05, 0) is 30.7 Å². The molecule has 42 heavy (non-hydrogen) atoms. The number of hydrogen-bond donors (Lipinski definition) is 2. The lowest BCUT2D eigenvalue weighted by Crippen LogP contribution is -2.42. The van der Waals surface area contributed by atoms with Gasteiger partial charge < -0.3 is 16.0 Å². The number of anilines is 1. The normalized spacial score (nSPS) is 17.2. The molecule has 3 heterocycles. The summed E-state index contributed by atoms with van der Waals surface area (Å²) in [5, 5.41) is 6.07. The van der Waals surface area contributed by atoms with Crippen molar-refractivity contribution in [3.8, 4) is 11.3 Å². The Labute approximate surface area is 230 Å². The van der Waals surface area contributed by atoms with E-state index >= 15 is 4.39 Å². The maximum atomic E-state index is 15.1. The van der Waals surface area contributed by atoms with Crippen molar-refractivity contribution >= 4 is 23.1 Å². The maximum Gasteiger partial charge on any atom is 0.418 e. The van der Waals surface area contributed by atoms with Crippen LogP contribution in [0.3, 0.4) is 0 Å². The monoisotopic (exact) mass is 598 g/mol. The molecule has 8 nitrogen and oxygen atoms in total. The number of carbonyl (C=O) groups excluding carboxylic acids is 2. The number of nitrogen functional groups attached to an aromatic ring is 1. The number of aromatic nitrogens is 3. The second kappa shape index (κ2) is 10.3. The third-order valence-electron chi connectivity index (χ3n) is 6.80. The summed E-state index contributed by atoms with van der Waals surface area (Å²) in [6, 6.07) is 1.65. The van der Waals surface area contributed by atoms with Crippen molar-refractivity contribution in [2.24, 2.45) is 0 Å². The van der Waals surface area contributed by atoms with Gasteiger partial charge in [-0.25, -0.2) is 31.5 Å². The molecular weight excluding hydrogens is 580 g/mol. The van der Waals surface area contributed by atoms with E-state index < -0.39 is 100 Å². The Morgan fingerprint density at radius 1 is 1.00 bits per heavy atom. The molecule has 2 amide bonds. The first-order valence-electron chi connectivity index (χ1n) is 12.1. The molecule has 16 heteroatoms. The zero-order valence-corrected chi connectivity index (χ0v) is 21.2. The van der Waals surface area contributed by atoms with Crippen LogP contribution in [0.15, 0.2) is 36.7 Å². The van der Waals surface area contributed by atoms with E-state index in [9.17, 15) is 40.3 Å². The standard InChI is InChI=1S/C26H18F8N6O2/c1-10-2-15(28)13(20-6-14(26(32,33)34)22-23(35)36-9-37-40(20)22)5-12(10)24(41)38-19-8-39(7-18(19)31)25(42)21-16(29)3-11(27)4-17(21)30/h2-6,9,18-19H,7-8H2,1H3,(H,38,41)(H2,35,36,37)/t18-,19+/m0/s1. The van der Waals surface area contributed by atoms with E-state index in [-0.39, 0.29) is 11.1 Å². The van der Waals surface area contributed by atoms with Crippen molar-refractivity contribution in [1.82, 2.24) is 24.8 Å². The number of halogens is 8. The van der Waals surface area contributed by atoms with Crippen molar-refractivity contribution in [3.63, 3.8) is 0 Å². The second-order valence-electron chi connectivity index (χ2n) is 9.54. The second-order valence-corrected chi connectivity index (χ2v) is 9.54. The lowest BCUT2D eigenvalue weighted by Gasteiger charge is -2.18. The maximum absolute atomic E-state index is 15.1. The average Bonchev–Trinajstić information content (AvgIpc) is 3.45. The molecule has 1 fully saturated rings. The number of rotatable bonds is 4. The molecule has 0 aliphatic carbocycles. The molecule has 3 N–H and O–H groups in total. The topological polar surface area (TPSA) is 106 Å². The molecule has 220 valence electrons. The van der Waals surface area contributed by atoms with Crippen molar-refractivity contribution in [3.05, 3.63) is 82.2 Å². The molecule has 2 aromatic heterocycles. The van der Waals surface area contributed by atoms with E-state index in [0.29, 0.717) is 18.2 Å². The number of hydrogen-bond acceptors (Lipinski definition) is 5. The fourth-order valence-corrected chi connectivity index (χ4v) is 4.81. The highest BCUT2D eigenvalue weighted by Gasteiger charge is 2.39. The number of alkyl halides is 4. The SMILES string of the molecule is Cc1cc(F)c(-c2cc(C(F)(F)F)c3c(N)ncnn23)cc1C(=O)N[C@@H]1CN(C(=O)c2c(F)cc(F)cc2F)C[C@@H]1F. The highest BCUT2D eigenvalue weighted by molar-refractivity contribution is 5.98. The quantitative estimate of drug-likeness (QED) is 0.338. The van der Waals surface area contributed by atoms with Crippen LogP contribution in [0, 0.1) is 30.2 Å². The molecule has 1 aliphatic heterocycles. The van der Waals surface area contributed by atoms with Crippen LogP contribution in [0.25, 0.3) is 16.8 Å². The molecule has 4 aromatic rings. The van der Waals surface area contributed by atoms with E-state index in [1.807, 2.05) is 0 Å². The third kappa shape index (κ3) is 4.96. The number of nitrogens with zero attached hydrogens (tertiary/aromatic N) is 4. The van der Waals surface area contributed by atoms with Crippen LogP contribution < -0.4 is 11.1 Å². The Bertz CT molecular complexity index is 1730. The minimum absolute atomic E-state index is 0.0385. The number of amides is 2. The van der Waals surface area contributed by atoms with Crippen molar-refractivity contribution in [2.45, 2.75) is 25.3 Å². The van der Waals surface area contributed by atoms with Crippen LogP contribution in [-0.2, 0) is 6.18 Å². The summed E-state index contributed by atoms with van der Waals surface area (Å²) in [5.41, 5.74) is 1.59. The minimum Gasteiger partial charge on any atom is -0.382 e. The van der Waals surface area contributed by atoms with Crippen LogP contribution in [0.2, 0.25) is 0 Å². The minimum atomic E-state index is -4.91. The van der Waals surface area contributed by atoms with E-state index in [4.69, 9.17) is 5.73 Å². The number of likely N-dealkylation sites (tertiary alicyclic amines) is 1. The first-order chi connectivity index (χ1) is 19.7. The molecule has 2 aromatic carbocycles. The van der Waals surface area contributed by atoms with Gasteiger partial charge in [0.2, 0.25) is 0 Å². The van der Waals surface area contributed by atoms with Crippen molar-refractivity contribution < 1.29 is 44.7 Å². The summed E-state index contributed by atoms with van der Waals surface area (Å²) < 4.78 is 113. The van der Waals surface area contributed by atoms with Gasteiger partial charge in [0.1, 0.15) is 46.8 Å². The molecule has 0 saturated carbocycles. The fourth-order valence-electron chi connectivity index (χ4n) is 4.81.